The molecule has 0 unspecified atom stereocenters. The maximum Gasteiger partial charge on any atom is 0.102 e. The molecule has 18 heavy (non-hydrogen) atoms. The monoisotopic (exact) mass is 278 g/mol. The van der Waals surface area contributed by atoms with Crippen molar-refractivity contribution in [2.75, 3.05) is 0 Å². The second-order valence-electron chi connectivity index (χ2n) is 3.76. The van der Waals surface area contributed by atoms with Gasteiger partial charge in [-0.05, 0) is 24.0 Å². The summed E-state index contributed by atoms with van der Waals surface area (Å²) < 4.78 is 0.321. The average molecular weight is 279 g/mol. The van der Waals surface area contributed by atoms with Gasteiger partial charge < -0.3 is 0 Å². The summed E-state index contributed by atoms with van der Waals surface area (Å²) >= 11 is 11.2. The van der Waals surface area contributed by atoms with Gasteiger partial charge in [-0.2, -0.15) is 0 Å². The molecule has 1 aromatic carbocycles. The molecule has 0 N–H and O–H groups in total. The van der Waals surface area contributed by atoms with Crippen LogP contribution in [0.15, 0.2) is 71.3 Å². The van der Waals surface area contributed by atoms with Gasteiger partial charge in [0, 0.05) is 0 Å². The molecular weight excluding hydrogens is 263 g/mol. The van der Waals surface area contributed by atoms with Crippen LogP contribution in [-0.4, -0.2) is 0 Å². The van der Waals surface area contributed by atoms with Crippen molar-refractivity contribution in [1.29, 1.82) is 0 Å². The van der Waals surface area contributed by atoms with E-state index >= 15 is 0 Å². The van der Waals surface area contributed by atoms with Crippen LogP contribution in [0.25, 0.3) is 6.08 Å². The van der Waals surface area contributed by atoms with Gasteiger partial charge in [0.1, 0.15) is 4.49 Å². The molecule has 0 radical (unpaired) electrons. The smallest absolute Gasteiger partial charge is 0.0991 e. The summed E-state index contributed by atoms with van der Waals surface area (Å²) in [6.45, 7) is 3.68. The highest BCUT2D eigenvalue weighted by atomic mass is 35.5. The van der Waals surface area contributed by atoms with Crippen LogP contribution in [0.2, 0.25) is 0 Å². The van der Waals surface area contributed by atoms with Crippen molar-refractivity contribution in [3.05, 3.63) is 76.8 Å². The Hall–Kier alpha value is -1.24. The molecule has 0 nitrogen and oxygen atoms in total. The standard InChI is InChI=1S/C16H16Cl2/c1-2-3-8-14(11-7-12-16(17)18)13-15-9-5-4-6-10-15/h2-6,8-10,12-13H,1,7,11H2. The predicted molar refractivity (Wildman–Crippen MR) is 82.8 cm³/mol. The van der Waals surface area contributed by atoms with E-state index in [1.54, 1.807) is 6.08 Å². The predicted octanol–water partition coefficient (Wildman–Crippen LogP) is 5.91. The lowest BCUT2D eigenvalue weighted by Crippen LogP contribution is -1.80. The van der Waals surface area contributed by atoms with Crippen LogP contribution in [-0.2, 0) is 0 Å². The van der Waals surface area contributed by atoms with Crippen molar-refractivity contribution in [2.24, 2.45) is 0 Å². The second kappa shape index (κ2) is 8.79. The molecule has 0 spiro atoms. The van der Waals surface area contributed by atoms with Crippen molar-refractivity contribution < 1.29 is 0 Å². The second-order valence-corrected chi connectivity index (χ2v) is 4.77. The molecular formula is C16H16Cl2. The molecule has 0 aliphatic rings. The number of hydrogen-bond acceptors (Lipinski definition) is 0. The summed E-state index contributed by atoms with van der Waals surface area (Å²) in [5, 5.41) is 0. The van der Waals surface area contributed by atoms with Gasteiger partial charge in [-0.25, -0.2) is 0 Å². The lowest BCUT2D eigenvalue weighted by molar-refractivity contribution is 1.01. The fraction of sp³-hybridized carbons (Fsp3) is 0.125. The Labute approximate surface area is 119 Å². The minimum Gasteiger partial charge on any atom is -0.0991 e. The quantitative estimate of drug-likeness (QED) is 0.568. The lowest BCUT2D eigenvalue weighted by atomic mass is 10.1. The van der Waals surface area contributed by atoms with Crippen LogP contribution in [0.5, 0.6) is 0 Å². The van der Waals surface area contributed by atoms with Gasteiger partial charge in [0.15, 0.2) is 0 Å². The molecule has 0 aromatic heterocycles. The SMILES string of the molecule is C=CC=CC(=Cc1ccccc1)CCC=C(Cl)Cl. The van der Waals surface area contributed by atoms with E-state index in [9.17, 15) is 0 Å². The van der Waals surface area contributed by atoms with Crippen molar-refractivity contribution in [1.82, 2.24) is 0 Å². The molecule has 0 aliphatic heterocycles. The largest absolute Gasteiger partial charge is 0.102 e. The maximum atomic E-state index is 5.60. The van der Waals surface area contributed by atoms with E-state index in [4.69, 9.17) is 23.2 Å². The summed E-state index contributed by atoms with van der Waals surface area (Å²) in [4.78, 5) is 0. The molecule has 0 saturated heterocycles. The first-order chi connectivity index (χ1) is 8.72. The highest BCUT2D eigenvalue weighted by molar-refractivity contribution is 6.55. The van der Waals surface area contributed by atoms with Crippen LogP contribution >= 0.6 is 23.2 Å². The fourth-order valence-electron chi connectivity index (χ4n) is 1.51. The molecule has 1 rings (SSSR count). The molecule has 0 aliphatic carbocycles. The van der Waals surface area contributed by atoms with Crippen LogP contribution in [0, 0.1) is 0 Å². The first-order valence-electron chi connectivity index (χ1n) is 5.78. The highest BCUT2D eigenvalue weighted by Crippen LogP contribution is 2.16. The highest BCUT2D eigenvalue weighted by Gasteiger charge is 1.94. The van der Waals surface area contributed by atoms with E-state index in [-0.39, 0.29) is 0 Å². The number of halogens is 2. The molecule has 1 aromatic rings. The molecule has 0 atom stereocenters. The van der Waals surface area contributed by atoms with E-state index in [1.807, 2.05) is 30.4 Å². The first-order valence-corrected chi connectivity index (χ1v) is 6.54. The molecule has 0 amide bonds. The van der Waals surface area contributed by atoms with Crippen LogP contribution in [0.4, 0.5) is 0 Å². The Morgan fingerprint density at radius 1 is 1.17 bits per heavy atom. The maximum absolute atomic E-state index is 5.60. The van der Waals surface area contributed by atoms with Gasteiger partial charge in [0.25, 0.3) is 0 Å². The average Bonchev–Trinajstić information content (AvgIpc) is 2.36. The summed E-state index contributed by atoms with van der Waals surface area (Å²) in [5.41, 5.74) is 2.40. The van der Waals surface area contributed by atoms with Crippen LogP contribution in [0.1, 0.15) is 18.4 Å². The lowest BCUT2D eigenvalue weighted by Gasteiger charge is -2.00. The molecule has 0 fully saturated rings. The van der Waals surface area contributed by atoms with Gasteiger partial charge in [-0.15, -0.1) is 0 Å². The van der Waals surface area contributed by atoms with E-state index in [0.29, 0.717) is 4.49 Å². The summed E-state index contributed by atoms with van der Waals surface area (Å²) in [6.07, 6.45) is 11.4. The van der Waals surface area contributed by atoms with E-state index in [1.165, 1.54) is 11.1 Å². The molecule has 0 saturated carbocycles. The Bertz CT molecular complexity index is 449. The third-order valence-corrected chi connectivity index (χ3v) is 2.64. The Balaban J connectivity index is 2.78. The third-order valence-electron chi connectivity index (χ3n) is 2.33. The van der Waals surface area contributed by atoms with Crippen LogP contribution in [0.3, 0.4) is 0 Å². The Kier molecular flexibility index (Phi) is 7.24. The van der Waals surface area contributed by atoms with Crippen LogP contribution < -0.4 is 0 Å². The Morgan fingerprint density at radius 2 is 1.89 bits per heavy atom. The van der Waals surface area contributed by atoms with Gasteiger partial charge in [0.05, 0.1) is 0 Å². The minimum absolute atomic E-state index is 0.321. The zero-order chi connectivity index (χ0) is 13.2. The fourth-order valence-corrected chi connectivity index (χ4v) is 1.72. The molecule has 0 bridgehead atoms. The van der Waals surface area contributed by atoms with Gasteiger partial charge >= 0.3 is 0 Å². The third kappa shape index (κ3) is 6.48. The van der Waals surface area contributed by atoms with E-state index < -0.39 is 0 Å². The summed E-state index contributed by atoms with van der Waals surface area (Å²) in [5.74, 6) is 0. The summed E-state index contributed by atoms with van der Waals surface area (Å²) in [7, 11) is 0. The Morgan fingerprint density at radius 3 is 2.50 bits per heavy atom. The number of benzene rings is 1. The van der Waals surface area contributed by atoms with Gasteiger partial charge in [0.2, 0.25) is 0 Å². The van der Waals surface area contributed by atoms with Crippen molar-refractivity contribution in [2.45, 2.75) is 12.8 Å². The molecule has 94 valence electrons. The number of rotatable bonds is 6. The van der Waals surface area contributed by atoms with Gasteiger partial charge in [-0.1, -0.05) is 90.5 Å². The molecule has 0 heterocycles. The van der Waals surface area contributed by atoms with Crippen molar-refractivity contribution in [3.8, 4) is 0 Å². The zero-order valence-electron chi connectivity index (χ0n) is 10.2. The topological polar surface area (TPSA) is 0 Å². The molecule has 2 heteroatoms. The number of allylic oxidation sites excluding steroid dienone is 5. The van der Waals surface area contributed by atoms with Gasteiger partial charge in [-0.3, -0.25) is 0 Å². The van der Waals surface area contributed by atoms with E-state index in [2.05, 4.69) is 30.9 Å². The van der Waals surface area contributed by atoms with E-state index in [0.717, 1.165) is 12.8 Å². The number of hydrogen-bond donors (Lipinski definition) is 0. The minimum atomic E-state index is 0.321. The van der Waals surface area contributed by atoms with Crippen molar-refractivity contribution >= 4 is 29.3 Å². The zero-order valence-corrected chi connectivity index (χ0v) is 11.7. The first kappa shape index (κ1) is 14.8. The van der Waals surface area contributed by atoms with Crippen molar-refractivity contribution in [3.63, 3.8) is 0 Å². The summed E-state index contributed by atoms with van der Waals surface area (Å²) in [6, 6.07) is 10.2. The normalized spacial score (nSPS) is 11.6.